The number of hydrogen-bond acceptors (Lipinski definition) is 9. The molecule has 3 atom stereocenters. The van der Waals surface area contributed by atoms with E-state index in [4.69, 9.17) is 33.6 Å². The van der Waals surface area contributed by atoms with E-state index in [1.54, 1.807) is 40.1 Å². The highest BCUT2D eigenvalue weighted by atomic mass is 19.4. The number of hydrogen-bond donors (Lipinski definition) is 3. The normalized spacial score (nSPS) is 14.2. The molecule has 3 aliphatic rings. The summed E-state index contributed by atoms with van der Waals surface area (Å²) >= 11 is 0. The first-order valence-electron chi connectivity index (χ1n) is 39.8. The van der Waals surface area contributed by atoms with Crippen LogP contribution in [0.3, 0.4) is 0 Å². The number of halogens is 3. The van der Waals surface area contributed by atoms with Gasteiger partial charge >= 0.3 is 24.1 Å². The summed E-state index contributed by atoms with van der Waals surface area (Å²) in [5.41, 5.74) is 12.2. The van der Waals surface area contributed by atoms with Crippen LogP contribution in [0.5, 0.6) is 17.2 Å². The number of carbonyl (C=O) groups excluding carboxylic acids is 3. The zero-order chi connectivity index (χ0) is 80.7. The van der Waals surface area contributed by atoms with Crippen LogP contribution in [0.4, 0.5) is 13.2 Å². The first-order chi connectivity index (χ1) is 54.4. The fourth-order valence-corrected chi connectivity index (χ4v) is 13.1. The molecule has 0 bridgehead atoms. The van der Waals surface area contributed by atoms with Crippen molar-refractivity contribution in [2.75, 3.05) is 19.8 Å². The number of rotatable bonds is 36. The van der Waals surface area contributed by atoms with Gasteiger partial charge in [-0.25, -0.2) is 0 Å². The number of benzene rings is 9. The Bertz CT molecular complexity index is 4660. The lowest BCUT2D eigenvalue weighted by Gasteiger charge is -2.24. The van der Waals surface area contributed by atoms with Gasteiger partial charge in [-0.1, -0.05) is 157 Å². The summed E-state index contributed by atoms with van der Waals surface area (Å²) in [4.78, 5) is 77.7. The van der Waals surface area contributed by atoms with E-state index in [2.05, 4.69) is 64.1 Å². The molecule has 3 N–H and O–H groups in total. The molecule has 0 saturated heterocycles. The minimum atomic E-state index is -4.50. The van der Waals surface area contributed by atoms with Gasteiger partial charge in [-0.05, 0) is 229 Å². The van der Waals surface area contributed by atoms with Crippen LogP contribution in [-0.2, 0) is 40.1 Å². The SMILES string of the molecule is [2H]C(c1ccccc1OCCCCCC(=O)O)N(C(=O)c1ccc(-c2c(C)cccc2C)cc1)C1CC1.[2H]C(c1ccccc1OCCCCCC(=O)O)N(C(=O)c1ccc(-c2cc(C)cc(C)c2)cc1)C1CC1.[2H]C(c1ccccc1OCCCCCC(=O)O)N(C(=O)c1ccc(-c2ccccc2C(F)(F)F)cc1)C1CC1. The van der Waals surface area contributed by atoms with Crippen LogP contribution in [0.1, 0.15) is 195 Å². The van der Waals surface area contributed by atoms with E-state index in [1.165, 1.54) is 69.1 Å². The van der Waals surface area contributed by atoms with E-state index in [0.29, 0.717) is 108 Å². The van der Waals surface area contributed by atoms with Crippen molar-refractivity contribution in [1.29, 1.82) is 0 Å². The maximum atomic E-state index is 13.6. The van der Waals surface area contributed by atoms with Crippen molar-refractivity contribution in [3.05, 3.63) is 267 Å². The lowest BCUT2D eigenvalue weighted by atomic mass is 9.95. The van der Waals surface area contributed by atoms with E-state index < -0.39 is 49.2 Å². The van der Waals surface area contributed by atoms with Crippen LogP contribution >= 0.6 is 0 Å². The average Bonchev–Trinajstić information content (AvgIpc) is 1.63. The van der Waals surface area contributed by atoms with Gasteiger partial charge in [-0.3, -0.25) is 28.8 Å². The lowest BCUT2D eigenvalue weighted by molar-refractivity contribution is -0.138. The molecule has 12 rings (SSSR count). The number of carboxylic acid groups (broad SMARTS) is 3. The van der Waals surface area contributed by atoms with Crippen LogP contribution < -0.4 is 14.2 Å². The Morgan fingerprint density at radius 2 is 0.709 bits per heavy atom. The Labute approximate surface area is 647 Å². The molecular formula is C92H100F3N3O12. The topological polar surface area (TPSA) is 201 Å². The molecular weight excluding hydrogens is 1400 g/mol. The molecule has 110 heavy (non-hydrogen) atoms. The smallest absolute Gasteiger partial charge is 0.417 e. The second kappa shape index (κ2) is 39.9. The Morgan fingerprint density at radius 3 is 1.05 bits per heavy atom. The van der Waals surface area contributed by atoms with Crippen molar-refractivity contribution >= 4 is 35.6 Å². The van der Waals surface area contributed by atoms with Crippen LogP contribution in [0.25, 0.3) is 33.4 Å². The molecule has 3 aliphatic carbocycles. The summed E-state index contributed by atoms with van der Waals surface area (Å²) in [6.45, 7) is 6.83. The molecule has 0 radical (unpaired) electrons. The van der Waals surface area contributed by atoms with Crippen molar-refractivity contribution in [2.45, 2.75) is 187 Å². The number of alkyl halides is 3. The molecule has 0 aliphatic heterocycles. The fraction of sp³-hybridized carbons (Fsp3) is 0.348. The van der Waals surface area contributed by atoms with E-state index >= 15 is 0 Å². The molecule has 0 heterocycles. The average molecular weight is 1500 g/mol. The number of unbranched alkanes of at least 4 members (excludes halogenated alkanes) is 6. The highest BCUT2D eigenvalue weighted by molar-refractivity contribution is 5.97. The van der Waals surface area contributed by atoms with Crippen molar-refractivity contribution in [2.24, 2.45) is 0 Å². The maximum Gasteiger partial charge on any atom is 0.417 e. The molecule has 576 valence electrons. The minimum absolute atomic E-state index is 0.0375. The molecule has 0 spiro atoms. The quantitative estimate of drug-likeness (QED) is 0.0314. The van der Waals surface area contributed by atoms with Crippen LogP contribution in [0.2, 0.25) is 0 Å². The highest BCUT2D eigenvalue weighted by Gasteiger charge is 2.37. The van der Waals surface area contributed by atoms with Gasteiger partial charge < -0.3 is 44.2 Å². The highest BCUT2D eigenvalue weighted by Crippen LogP contribution is 2.40. The number of carbonyl (C=O) groups is 6. The Kier molecular flexibility index (Phi) is 28.0. The van der Waals surface area contributed by atoms with Gasteiger partial charge in [0, 0.05) is 90.3 Å². The van der Waals surface area contributed by atoms with Gasteiger partial charge in [-0.2, -0.15) is 13.2 Å². The van der Waals surface area contributed by atoms with Gasteiger partial charge in [0.05, 0.1) is 29.5 Å². The van der Waals surface area contributed by atoms with Gasteiger partial charge in [0.25, 0.3) is 17.7 Å². The molecule has 3 saturated carbocycles. The van der Waals surface area contributed by atoms with E-state index in [-0.39, 0.29) is 60.7 Å². The van der Waals surface area contributed by atoms with Gasteiger partial charge in [0.1, 0.15) is 17.2 Å². The first-order valence-corrected chi connectivity index (χ1v) is 38.0. The molecule has 3 amide bonds. The zero-order valence-electron chi connectivity index (χ0n) is 65.9. The largest absolute Gasteiger partial charge is 0.493 e. The summed E-state index contributed by atoms with van der Waals surface area (Å²) in [7, 11) is 0. The molecule has 3 fully saturated rings. The number of amides is 3. The predicted molar refractivity (Wildman–Crippen MR) is 422 cm³/mol. The summed E-state index contributed by atoms with van der Waals surface area (Å²) in [6, 6.07) is 61.3. The molecule has 9 aromatic carbocycles. The molecule has 0 aromatic heterocycles. The summed E-state index contributed by atoms with van der Waals surface area (Å²) in [6.07, 6.45) is 7.24. The van der Waals surface area contributed by atoms with E-state index in [9.17, 15) is 41.9 Å². The van der Waals surface area contributed by atoms with E-state index in [1.807, 2.05) is 97.1 Å². The fourth-order valence-electron chi connectivity index (χ4n) is 13.1. The summed E-state index contributed by atoms with van der Waals surface area (Å²) in [5, 5.41) is 26.3. The van der Waals surface area contributed by atoms with Gasteiger partial charge in [-0.15, -0.1) is 0 Å². The predicted octanol–water partition coefficient (Wildman–Crippen LogP) is 20.8. The summed E-state index contributed by atoms with van der Waals surface area (Å²) < 4.78 is 85.3. The lowest BCUT2D eigenvalue weighted by Crippen LogP contribution is -2.32. The van der Waals surface area contributed by atoms with Crippen LogP contribution in [0, 0.1) is 27.7 Å². The number of para-hydroxylation sites is 3. The monoisotopic (exact) mass is 1500 g/mol. The number of carboxylic acids is 3. The maximum absolute atomic E-state index is 13.6. The molecule has 9 aromatic rings. The van der Waals surface area contributed by atoms with Crippen LogP contribution in [0.15, 0.2) is 206 Å². The van der Waals surface area contributed by atoms with Crippen molar-refractivity contribution in [3.63, 3.8) is 0 Å². The van der Waals surface area contributed by atoms with Crippen molar-refractivity contribution in [1.82, 2.24) is 14.7 Å². The molecule has 18 heteroatoms. The Morgan fingerprint density at radius 1 is 0.382 bits per heavy atom. The first kappa shape index (κ1) is 77.2. The van der Waals surface area contributed by atoms with Gasteiger partial charge in [0.2, 0.25) is 0 Å². The van der Waals surface area contributed by atoms with Gasteiger partial charge in [0.15, 0.2) is 0 Å². The number of ether oxygens (including phenoxy) is 3. The molecule has 3 unspecified atom stereocenters. The number of nitrogens with zero attached hydrogens (tertiary/aromatic N) is 3. The number of aliphatic carboxylic acids is 3. The standard InChI is InChI=1S/2C31H35NO4.C30H30F3NO4/c1-22-9-8-10-23(2)30(22)24-14-16-25(17-15-24)31(35)32(27-18-19-27)21-26-11-5-6-12-28(26)36-20-7-3-4-13-29(33)34;1-22-18-23(2)20-27(19-22)24-11-13-25(14-12-24)31(35)32(28-15-16-28)21-26-8-5-6-9-29(26)36-17-7-3-4-10-30(33)34;31-30(32,33)26-10-5-4-9-25(26)21-13-15-22(16-14-21)29(37)34(24-17-18-24)20-23-8-3-6-11-27(23)38-19-7-1-2-12-28(35)36/h5-6,8-12,14-17,27H,3-4,7,13,18-21H2,1-2H3,(H,33,34);5-6,8-9,11-14,18-20,28H,3-4,7,10,15-17,21H2,1-2H3,(H,33,34);3-6,8-11,13-16,24H,1-2,7,12,17-20H2,(H,35,36)/i2*21D;20D. The van der Waals surface area contributed by atoms with Crippen molar-refractivity contribution in [3.8, 4) is 50.6 Å². The van der Waals surface area contributed by atoms with Crippen LogP contribution in [-0.4, -0.2) is 104 Å². The van der Waals surface area contributed by atoms with Crippen molar-refractivity contribution < 1.29 is 75.6 Å². The second-order valence-corrected chi connectivity index (χ2v) is 28.4. The minimum Gasteiger partial charge on any atom is -0.493 e. The third-order valence-corrected chi connectivity index (χ3v) is 19.3. The zero-order valence-corrected chi connectivity index (χ0v) is 62.9. The van der Waals surface area contributed by atoms with E-state index in [0.717, 1.165) is 87.0 Å². The second-order valence-electron chi connectivity index (χ2n) is 28.4. The Balaban J connectivity index is 0.000000180. The Hall–Kier alpha value is -11.0. The summed E-state index contributed by atoms with van der Waals surface area (Å²) in [5.74, 6) is -1.35. The third kappa shape index (κ3) is 24.5. The third-order valence-electron chi connectivity index (χ3n) is 19.3. The number of aryl methyl sites for hydroxylation is 4. The molecule has 15 nitrogen and oxygen atoms in total.